The van der Waals surface area contributed by atoms with Crippen molar-refractivity contribution in [3.8, 4) is 0 Å². The quantitative estimate of drug-likeness (QED) is 0.474. The number of hydrogen-bond acceptors (Lipinski definition) is 4. The molecule has 0 spiro atoms. The van der Waals surface area contributed by atoms with Crippen LogP contribution in [0.2, 0.25) is 0 Å². The zero-order chi connectivity index (χ0) is 8.72. The second-order valence-corrected chi connectivity index (χ2v) is 1.83. The van der Waals surface area contributed by atoms with Crippen LogP contribution in [0.25, 0.3) is 0 Å². The maximum absolute atomic E-state index is 11.1. The fourth-order valence-corrected chi connectivity index (χ4v) is 0.734. The number of carbonyl (C=O) groups is 1. The third-order valence-corrected chi connectivity index (χ3v) is 1.22. The lowest BCUT2D eigenvalue weighted by Crippen LogP contribution is -2.29. The highest BCUT2D eigenvalue weighted by molar-refractivity contribution is 6.21. The minimum Gasteiger partial charge on any atom is -0.271 e. The van der Waals surface area contributed by atoms with Gasteiger partial charge in [0.25, 0.3) is 5.91 Å². The molecule has 0 bridgehead atoms. The molecule has 0 aromatic carbocycles. The number of nitrogens with one attached hydrogen (secondary N) is 1. The van der Waals surface area contributed by atoms with Crippen LogP contribution in [0.1, 0.15) is 2.74 Å². The van der Waals surface area contributed by atoms with Gasteiger partial charge in [0.15, 0.2) is 0 Å². The van der Waals surface area contributed by atoms with E-state index in [-0.39, 0.29) is 18.3 Å². The lowest BCUT2D eigenvalue weighted by molar-refractivity contribution is -0.118. The van der Waals surface area contributed by atoms with Gasteiger partial charge in [-0.15, -0.1) is 0 Å². The number of amidine groups is 2. The molecule has 0 saturated carbocycles. The van der Waals surface area contributed by atoms with Crippen molar-refractivity contribution in [2.45, 2.75) is 0 Å². The summed E-state index contributed by atoms with van der Waals surface area (Å²) in [6.45, 7) is 0. The molecule has 1 atom stereocenters. The molecule has 1 unspecified atom stereocenters. The third kappa shape index (κ3) is 0.570. The Labute approximate surface area is 59.4 Å². The van der Waals surface area contributed by atoms with Gasteiger partial charge in [0.05, 0.1) is 1.37 Å². The molecule has 1 amide bonds. The van der Waals surface area contributed by atoms with Gasteiger partial charge in [0, 0.05) is 6.19 Å². The van der Waals surface area contributed by atoms with E-state index < -0.39 is 11.8 Å². The highest BCUT2D eigenvalue weighted by atomic mass is 16.1. The second-order valence-electron chi connectivity index (χ2n) is 1.83. The molecule has 2 rings (SSSR count). The predicted octanol–water partition coefficient (Wildman–Crippen LogP) is -0.841. The highest BCUT2D eigenvalue weighted by Gasteiger charge is 2.27. The Kier molecular flexibility index (Phi) is 0.622. The first-order valence-corrected chi connectivity index (χ1v) is 2.66. The molecule has 0 aliphatic carbocycles. The summed E-state index contributed by atoms with van der Waals surface area (Å²) in [7, 11) is 0. The molecule has 2 aliphatic rings. The van der Waals surface area contributed by atoms with E-state index in [1.165, 1.54) is 0 Å². The van der Waals surface area contributed by atoms with Crippen molar-refractivity contribution >= 4 is 24.2 Å². The van der Waals surface area contributed by atoms with E-state index in [9.17, 15) is 4.79 Å². The molecule has 50 valence electrons. The topological polar surface area (TPSA) is 66.2 Å². The number of nitrogens with zero attached hydrogens (tertiary/aromatic N) is 3. The van der Waals surface area contributed by atoms with E-state index in [2.05, 4.69) is 20.5 Å². The summed E-state index contributed by atoms with van der Waals surface area (Å²) in [6.07, 6.45) is -0.446. The average Bonchev–Trinajstić information content (AvgIpc) is 2.31. The molecular formula is C5H4N4O. The maximum atomic E-state index is 11.1. The second kappa shape index (κ2) is 1.73. The smallest absolute Gasteiger partial charge is 0.263 e. The van der Waals surface area contributed by atoms with E-state index in [0.717, 1.165) is 0 Å². The van der Waals surface area contributed by atoms with Crippen LogP contribution in [0.15, 0.2) is 15.1 Å². The van der Waals surface area contributed by atoms with Gasteiger partial charge < -0.3 is 0 Å². The third-order valence-electron chi connectivity index (χ3n) is 1.22. The van der Waals surface area contributed by atoms with Gasteiger partial charge in [0.2, 0.25) is 0 Å². The number of hydrazone groups is 1. The van der Waals surface area contributed by atoms with Crippen LogP contribution in [0.4, 0.5) is 0 Å². The summed E-state index contributed by atoms with van der Waals surface area (Å²) < 4.78 is 14.2. The van der Waals surface area contributed by atoms with E-state index >= 15 is 0 Å². The largest absolute Gasteiger partial charge is 0.271 e. The molecule has 0 aromatic rings. The van der Waals surface area contributed by atoms with Crippen molar-refractivity contribution in [2.24, 2.45) is 21.0 Å². The number of amides is 1. The zero-order valence-electron chi connectivity index (χ0n) is 6.83. The van der Waals surface area contributed by atoms with Crippen LogP contribution in [0.5, 0.6) is 0 Å². The highest BCUT2D eigenvalue weighted by Crippen LogP contribution is 2.06. The number of carbonyl (C=O) groups excluding carboxylic acids is 1. The molecule has 0 aromatic heterocycles. The van der Waals surface area contributed by atoms with Crippen molar-refractivity contribution in [3.63, 3.8) is 0 Å². The molecule has 2 aliphatic heterocycles. The monoisotopic (exact) mass is 138 g/mol. The molecule has 1 N–H and O–H groups in total. The molecule has 2 heterocycles. The first kappa shape index (κ1) is 3.60. The molecule has 5 heteroatoms. The van der Waals surface area contributed by atoms with Crippen molar-refractivity contribution in [1.82, 2.24) is 5.43 Å². The first-order chi connectivity index (χ1) is 5.68. The number of rotatable bonds is 0. The Balaban J connectivity index is 2.42. The van der Waals surface area contributed by atoms with Crippen LogP contribution in [-0.4, -0.2) is 24.2 Å². The average molecular weight is 138 g/mol. The van der Waals surface area contributed by atoms with Gasteiger partial charge >= 0.3 is 0 Å². The molecule has 10 heavy (non-hydrogen) atoms. The lowest BCUT2D eigenvalue weighted by atomic mass is 10.1. The van der Waals surface area contributed by atoms with Crippen LogP contribution < -0.4 is 5.43 Å². The van der Waals surface area contributed by atoms with E-state index in [1.807, 2.05) is 0 Å². The number of aliphatic imine (C=N–C) groups is 2. The summed E-state index contributed by atoms with van der Waals surface area (Å²) in [6, 6.07) is 0. The first-order valence-electron chi connectivity index (χ1n) is 3.66. The van der Waals surface area contributed by atoms with Crippen LogP contribution in [0.3, 0.4) is 0 Å². The Morgan fingerprint density at radius 1 is 1.80 bits per heavy atom. The molecule has 0 fully saturated rings. The molecule has 0 saturated heterocycles. The summed E-state index contributed by atoms with van der Waals surface area (Å²) in [5.74, 6) is -1.13. The molecule has 5 nitrogen and oxygen atoms in total. The normalized spacial score (nSPS) is 32.6. The number of fused-ring (bicyclic) bond motifs is 1. The number of hydrogen-bond donors (Lipinski definition) is 1. The van der Waals surface area contributed by atoms with Gasteiger partial charge in [-0.05, 0) is 0 Å². The van der Waals surface area contributed by atoms with Gasteiger partial charge in [-0.2, -0.15) is 5.10 Å². The summed E-state index contributed by atoms with van der Waals surface area (Å²) in [5, 5.41) is 3.49. The van der Waals surface area contributed by atoms with Crippen LogP contribution >= 0.6 is 0 Å². The Hall–Kier alpha value is -1.52. The summed E-state index contributed by atoms with van der Waals surface area (Å²) in [4.78, 5) is 18.0. The Morgan fingerprint density at radius 2 is 2.70 bits per heavy atom. The van der Waals surface area contributed by atoms with Gasteiger partial charge in [0.1, 0.15) is 19.4 Å². The minimum absolute atomic E-state index is 0.102. The lowest BCUT2D eigenvalue weighted by Gasteiger charge is -2.04. The van der Waals surface area contributed by atoms with Gasteiger partial charge in [-0.1, -0.05) is 0 Å². The SMILES string of the molecule is [2H]C1=NC(=O)C2C([2H])=NNC2=N1. The molecule has 0 radical (unpaired) electrons. The van der Waals surface area contributed by atoms with Gasteiger partial charge in [-0.3, -0.25) is 10.2 Å². The van der Waals surface area contributed by atoms with Crippen molar-refractivity contribution in [1.29, 1.82) is 0 Å². The van der Waals surface area contributed by atoms with Crippen LogP contribution in [-0.2, 0) is 4.79 Å². The predicted molar refractivity (Wildman–Crippen MR) is 36.1 cm³/mol. The maximum Gasteiger partial charge on any atom is 0.263 e. The van der Waals surface area contributed by atoms with Crippen LogP contribution in [0, 0.1) is 5.92 Å². The Bertz CT molecular complexity index is 345. The van der Waals surface area contributed by atoms with Crippen molar-refractivity contribution in [3.05, 3.63) is 0 Å². The fraction of sp³-hybridized carbons (Fsp3) is 0.200. The standard InChI is InChI=1S/C5H4N4O/c10-5-3-1-8-9-4(3)6-2-7-5/h1-3H,(H,6,7,9,10)/i1D,2D. The van der Waals surface area contributed by atoms with E-state index in [0.29, 0.717) is 0 Å². The van der Waals surface area contributed by atoms with E-state index in [1.54, 1.807) is 0 Å². The fourth-order valence-electron chi connectivity index (χ4n) is 0.734. The minimum atomic E-state index is -0.806. The summed E-state index contributed by atoms with van der Waals surface area (Å²) in [5.41, 5.74) is 2.40. The summed E-state index contributed by atoms with van der Waals surface area (Å²) >= 11 is 0. The van der Waals surface area contributed by atoms with Gasteiger partial charge in [-0.25, -0.2) is 9.98 Å². The Morgan fingerprint density at radius 3 is 3.60 bits per heavy atom. The van der Waals surface area contributed by atoms with Crippen molar-refractivity contribution in [2.75, 3.05) is 0 Å². The zero-order valence-corrected chi connectivity index (χ0v) is 4.83. The van der Waals surface area contributed by atoms with E-state index in [4.69, 9.17) is 2.74 Å². The molecular weight excluding hydrogens is 132 g/mol. The van der Waals surface area contributed by atoms with Crippen molar-refractivity contribution < 1.29 is 7.54 Å².